The summed E-state index contributed by atoms with van der Waals surface area (Å²) in [6, 6.07) is 6.79. The van der Waals surface area contributed by atoms with Crippen molar-refractivity contribution in [1.82, 2.24) is 10.2 Å². The molecule has 0 fully saturated rings. The zero-order valence-electron chi connectivity index (χ0n) is 29.4. The second-order valence-corrected chi connectivity index (χ2v) is 14.3. The van der Waals surface area contributed by atoms with Crippen molar-refractivity contribution in [2.45, 2.75) is 112 Å². The van der Waals surface area contributed by atoms with Crippen molar-refractivity contribution in [2.24, 2.45) is 0 Å². The van der Waals surface area contributed by atoms with Gasteiger partial charge in [-0.05, 0) is 101 Å². The molecule has 45 heavy (non-hydrogen) atoms. The number of nitrogens with one attached hydrogen (secondary N) is 1. The van der Waals surface area contributed by atoms with Gasteiger partial charge in [0, 0.05) is 6.54 Å². The molecule has 0 radical (unpaired) electrons. The van der Waals surface area contributed by atoms with Crippen LogP contribution in [0.1, 0.15) is 99.0 Å². The van der Waals surface area contributed by atoms with Crippen molar-refractivity contribution in [2.75, 3.05) is 33.3 Å². The van der Waals surface area contributed by atoms with Gasteiger partial charge in [-0.15, -0.1) is 0 Å². The molecule has 0 bridgehead atoms. The Morgan fingerprint density at radius 1 is 0.578 bits per heavy atom. The minimum absolute atomic E-state index is 0.00346. The third-order valence-electron chi connectivity index (χ3n) is 4.71. The number of rotatable bonds is 11. The first kappa shape index (κ1) is 41.5. The average Bonchev–Trinajstić information content (AvgIpc) is 2.79. The SMILES string of the molecule is CC(C)(C)OC(=O)CNCC(=O)OC(C)(C)C.COC(=O)c1ccc(CN(CC(=O)OC(C)(C)C)CC(=O)OC(C)(C)C)cc1. The Balaban J connectivity index is 0.000000976. The first-order chi connectivity index (χ1) is 20.3. The third-order valence-corrected chi connectivity index (χ3v) is 4.71. The summed E-state index contributed by atoms with van der Waals surface area (Å²) in [5.41, 5.74) is -0.986. The van der Waals surface area contributed by atoms with Crippen molar-refractivity contribution >= 4 is 29.8 Å². The number of hydrogen-bond acceptors (Lipinski definition) is 12. The van der Waals surface area contributed by atoms with Crippen LogP contribution < -0.4 is 5.32 Å². The number of methoxy groups -OCH3 is 1. The van der Waals surface area contributed by atoms with E-state index < -0.39 is 40.3 Å². The van der Waals surface area contributed by atoms with Crippen LogP contribution in [0.15, 0.2) is 24.3 Å². The largest absolute Gasteiger partial charge is 0.465 e. The van der Waals surface area contributed by atoms with E-state index in [1.807, 2.05) is 0 Å². The summed E-state index contributed by atoms with van der Waals surface area (Å²) in [5.74, 6) is -2.06. The molecule has 1 rings (SSSR count). The molecule has 1 aromatic carbocycles. The maximum absolute atomic E-state index is 12.2. The molecular formula is C33H54N2O10. The van der Waals surface area contributed by atoms with Crippen LogP contribution in [0.2, 0.25) is 0 Å². The van der Waals surface area contributed by atoms with E-state index in [-0.39, 0.29) is 38.1 Å². The molecule has 0 aliphatic rings. The summed E-state index contributed by atoms with van der Waals surface area (Å²) in [5, 5.41) is 2.68. The quantitative estimate of drug-likeness (QED) is 0.273. The van der Waals surface area contributed by atoms with E-state index in [1.54, 1.807) is 112 Å². The summed E-state index contributed by atoms with van der Waals surface area (Å²) in [6.07, 6.45) is 0. The maximum Gasteiger partial charge on any atom is 0.337 e. The molecule has 0 amide bonds. The summed E-state index contributed by atoms with van der Waals surface area (Å²) < 4.78 is 25.5. The number of benzene rings is 1. The maximum atomic E-state index is 12.2. The average molecular weight is 639 g/mol. The lowest BCUT2D eigenvalue weighted by molar-refractivity contribution is -0.161. The number of esters is 5. The lowest BCUT2D eigenvalue weighted by Gasteiger charge is -2.26. The van der Waals surface area contributed by atoms with Crippen molar-refractivity contribution in [3.8, 4) is 0 Å². The number of ether oxygens (including phenoxy) is 5. The minimum atomic E-state index is -0.614. The van der Waals surface area contributed by atoms with Crippen molar-refractivity contribution in [3.05, 3.63) is 35.4 Å². The highest BCUT2D eigenvalue weighted by molar-refractivity contribution is 5.89. The number of nitrogens with zero attached hydrogens (tertiary/aromatic N) is 1. The zero-order valence-corrected chi connectivity index (χ0v) is 29.4. The van der Waals surface area contributed by atoms with Gasteiger partial charge in [0.05, 0.1) is 38.9 Å². The monoisotopic (exact) mass is 638 g/mol. The standard InChI is InChI=1S/C21H31NO6.C12H23NO4/c1-20(2,3)27-17(23)13-22(14-18(24)28-21(4,5)6)12-15-8-10-16(11-9-15)19(25)26-7;1-11(2,3)16-9(14)7-13-8-10(15)17-12(4,5)6/h8-11H,12-14H2,1-7H3;13H,7-8H2,1-6H3. The Kier molecular flexibility index (Phi) is 16.4. The van der Waals surface area contributed by atoms with Gasteiger partial charge in [0.15, 0.2) is 0 Å². The molecule has 0 aromatic heterocycles. The topological polar surface area (TPSA) is 147 Å². The second-order valence-electron chi connectivity index (χ2n) is 14.3. The summed E-state index contributed by atoms with van der Waals surface area (Å²) in [6.45, 7) is 21.7. The fourth-order valence-corrected chi connectivity index (χ4v) is 3.42. The van der Waals surface area contributed by atoms with Crippen LogP contribution in [0.4, 0.5) is 0 Å². The Morgan fingerprint density at radius 3 is 1.22 bits per heavy atom. The number of carbonyl (C=O) groups excluding carboxylic acids is 5. The molecule has 12 heteroatoms. The van der Waals surface area contributed by atoms with Crippen LogP contribution in [0.5, 0.6) is 0 Å². The van der Waals surface area contributed by atoms with Gasteiger partial charge in [-0.2, -0.15) is 0 Å². The Bertz CT molecular complexity index is 1060. The highest BCUT2D eigenvalue weighted by Gasteiger charge is 2.24. The first-order valence-electron chi connectivity index (χ1n) is 14.8. The van der Waals surface area contributed by atoms with E-state index in [4.69, 9.17) is 18.9 Å². The molecule has 0 spiro atoms. The van der Waals surface area contributed by atoms with Crippen LogP contribution in [0, 0.1) is 0 Å². The molecule has 0 aliphatic carbocycles. The van der Waals surface area contributed by atoms with Crippen LogP contribution in [0.25, 0.3) is 0 Å². The molecule has 1 N–H and O–H groups in total. The normalized spacial score (nSPS) is 12.0. The molecule has 0 aliphatic heterocycles. The molecule has 0 saturated carbocycles. The molecule has 0 heterocycles. The number of carbonyl (C=O) groups is 5. The van der Waals surface area contributed by atoms with Gasteiger partial charge in [-0.25, -0.2) is 4.79 Å². The fraction of sp³-hybridized carbons (Fsp3) is 0.667. The van der Waals surface area contributed by atoms with Crippen molar-refractivity contribution < 1.29 is 47.7 Å². The van der Waals surface area contributed by atoms with Crippen molar-refractivity contribution in [3.63, 3.8) is 0 Å². The van der Waals surface area contributed by atoms with Crippen molar-refractivity contribution in [1.29, 1.82) is 0 Å². The van der Waals surface area contributed by atoms with E-state index in [2.05, 4.69) is 10.1 Å². The minimum Gasteiger partial charge on any atom is -0.465 e. The second kappa shape index (κ2) is 17.8. The van der Waals surface area contributed by atoms with E-state index in [9.17, 15) is 24.0 Å². The van der Waals surface area contributed by atoms with E-state index >= 15 is 0 Å². The number of hydrogen-bond donors (Lipinski definition) is 1. The molecule has 1 aromatic rings. The van der Waals surface area contributed by atoms with Gasteiger partial charge in [0.2, 0.25) is 0 Å². The fourth-order valence-electron chi connectivity index (χ4n) is 3.42. The molecular weight excluding hydrogens is 584 g/mol. The first-order valence-corrected chi connectivity index (χ1v) is 14.8. The molecule has 12 nitrogen and oxygen atoms in total. The molecule has 256 valence electrons. The van der Waals surface area contributed by atoms with Crippen LogP contribution >= 0.6 is 0 Å². The van der Waals surface area contributed by atoms with Gasteiger partial charge in [-0.3, -0.25) is 29.4 Å². The van der Waals surface area contributed by atoms with E-state index in [0.717, 1.165) is 5.56 Å². The third kappa shape index (κ3) is 23.5. The lowest BCUT2D eigenvalue weighted by Crippen LogP contribution is -2.39. The molecule has 0 atom stereocenters. The van der Waals surface area contributed by atoms with Crippen LogP contribution in [0.3, 0.4) is 0 Å². The van der Waals surface area contributed by atoms with Gasteiger partial charge in [0.1, 0.15) is 22.4 Å². The smallest absolute Gasteiger partial charge is 0.337 e. The molecule has 0 saturated heterocycles. The van der Waals surface area contributed by atoms with Crippen LogP contribution in [-0.2, 0) is 49.4 Å². The van der Waals surface area contributed by atoms with Crippen LogP contribution in [-0.4, -0.2) is 90.4 Å². The Morgan fingerprint density at radius 2 is 0.911 bits per heavy atom. The molecule has 0 unspecified atom stereocenters. The predicted octanol–water partition coefficient (Wildman–Crippen LogP) is 4.22. The van der Waals surface area contributed by atoms with Gasteiger partial charge >= 0.3 is 29.8 Å². The van der Waals surface area contributed by atoms with Gasteiger partial charge in [0.25, 0.3) is 0 Å². The Labute approximate surface area is 268 Å². The van der Waals surface area contributed by atoms with E-state index in [1.165, 1.54) is 7.11 Å². The summed E-state index contributed by atoms with van der Waals surface area (Å²) in [4.78, 5) is 60.2. The Hall–Kier alpha value is -3.51. The highest BCUT2D eigenvalue weighted by Crippen LogP contribution is 2.13. The zero-order chi connectivity index (χ0) is 35.2. The van der Waals surface area contributed by atoms with Gasteiger partial charge < -0.3 is 23.7 Å². The predicted molar refractivity (Wildman–Crippen MR) is 169 cm³/mol. The summed E-state index contributed by atoms with van der Waals surface area (Å²) in [7, 11) is 1.32. The van der Waals surface area contributed by atoms with Gasteiger partial charge in [-0.1, -0.05) is 12.1 Å². The van der Waals surface area contributed by atoms with E-state index in [0.29, 0.717) is 12.1 Å². The highest BCUT2D eigenvalue weighted by atomic mass is 16.6. The summed E-state index contributed by atoms with van der Waals surface area (Å²) >= 11 is 0. The lowest BCUT2D eigenvalue weighted by atomic mass is 10.1.